The van der Waals surface area contributed by atoms with Crippen molar-refractivity contribution in [1.29, 1.82) is 0 Å². The predicted molar refractivity (Wildman–Crippen MR) is 452 cm³/mol. The summed E-state index contributed by atoms with van der Waals surface area (Å²) in [4.78, 5) is 9.77. The molecule has 4 heteroatoms. The Bertz CT molecular complexity index is 5250. The summed E-state index contributed by atoms with van der Waals surface area (Å²) >= 11 is 0. The Morgan fingerprint density at radius 2 is 0.346 bits per heavy atom. The highest BCUT2D eigenvalue weighted by Crippen LogP contribution is 2.51. The summed E-state index contributed by atoms with van der Waals surface area (Å²) in [6.45, 7) is 26.7. The van der Waals surface area contributed by atoms with Gasteiger partial charge in [-0.05, 0) is 260 Å². The van der Waals surface area contributed by atoms with Crippen molar-refractivity contribution in [3.05, 3.63) is 360 Å². The first kappa shape index (κ1) is 68.1. The molecule has 0 heterocycles. The number of fused-ring (bicyclic) bond motifs is 10. The van der Waals surface area contributed by atoms with Gasteiger partial charge >= 0.3 is 0 Å². The summed E-state index contributed by atoms with van der Waals surface area (Å²) in [5.41, 5.74) is 24.2. The fourth-order valence-electron chi connectivity index (χ4n) is 15.4. The van der Waals surface area contributed by atoms with Gasteiger partial charge in [0.2, 0.25) is 0 Å². The second-order valence-electron chi connectivity index (χ2n) is 29.6. The van der Waals surface area contributed by atoms with Crippen LogP contribution in [0.3, 0.4) is 0 Å². The van der Waals surface area contributed by atoms with Crippen molar-refractivity contribution in [2.45, 2.75) is 107 Å². The third-order valence-corrected chi connectivity index (χ3v) is 21.0. The molecule has 16 aromatic carbocycles. The lowest BCUT2D eigenvalue weighted by atomic mass is 9.93. The van der Waals surface area contributed by atoms with Gasteiger partial charge < -0.3 is 19.6 Å². The second kappa shape index (κ2) is 29.0. The lowest BCUT2D eigenvalue weighted by Crippen LogP contribution is -2.12. The summed E-state index contributed by atoms with van der Waals surface area (Å²) < 4.78 is 0. The molecule has 0 aromatic heterocycles. The largest absolute Gasteiger partial charge is 0.310 e. The monoisotopic (exact) mass is 1350 g/mol. The molecule has 16 aromatic rings. The van der Waals surface area contributed by atoms with Crippen LogP contribution in [-0.2, 0) is 0 Å². The summed E-state index contributed by atoms with van der Waals surface area (Å²) in [5.74, 6) is 1.85. The summed E-state index contributed by atoms with van der Waals surface area (Å²) in [6, 6.07) is 117. The Balaban J connectivity index is 0.000000169. The van der Waals surface area contributed by atoms with Crippen LogP contribution in [0.15, 0.2) is 315 Å². The normalized spacial score (nSPS) is 11.6. The van der Waals surface area contributed by atoms with Crippen molar-refractivity contribution in [1.82, 2.24) is 0 Å². The van der Waals surface area contributed by atoms with Gasteiger partial charge in [-0.15, -0.1) is 0 Å². The molecule has 0 spiro atoms. The first-order valence-electron chi connectivity index (χ1n) is 37.1. The molecule has 0 saturated carbocycles. The van der Waals surface area contributed by atoms with Gasteiger partial charge in [0.05, 0.1) is 22.7 Å². The van der Waals surface area contributed by atoms with Crippen LogP contribution in [0.1, 0.15) is 124 Å². The van der Waals surface area contributed by atoms with Crippen LogP contribution in [0.25, 0.3) is 64.6 Å². The van der Waals surface area contributed by atoms with E-state index in [-0.39, 0.29) is 0 Å². The van der Waals surface area contributed by atoms with Crippen molar-refractivity contribution in [2.75, 3.05) is 19.6 Å². The molecule has 0 saturated heterocycles. The van der Waals surface area contributed by atoms with E-state index in [0.29, 0.717) is 23.7 Å². The molecule has 104 heavy (non-hydrogen) atoms. The Morgan fingerprint density at radius 3 is 0.529 bits per heavy atom. The summed E-state index contributed by atoms with van der Waals surface area (Å²) in [5, 5.41) is 14.8. The highest BCUT2D eigenvalue weighted by molar-refractivity contribution is 6.26. The minimum absolute atomic E-state index is 0.464. The molecule has 0 fully saturated rings. The Kier molecular flexibility index (Phi) is 19.0. The fourth-order valence-corrected chi connectivity index (χ4v) is 15.4. The molecule has 0 atom stereocenters. The van der Waals surface area contributed by atoms with Crippen molar-refractivity contribution in [2.24, 2.45) is 0 Å². The highest BCUT2D eigenvalue weighted by Gasteiger charge is 2.26. The van der Waals surface area contributed by atoms with E-state index in [9.17, 15) is 0 Å². The van der Waals surface area contributed by atoms with Crippen molar-refractivity contribution >= 4 is 133 Å². The molecule has 0 aliphatic carbocycles. The molecule has 16 rings (SSSR count). The smallest absolute Gasteiger partial charge is 0.0546 e. The van der Waals surface area contributed by atoms with E-state index < -0.39 is 0 Å². The molecular formula is C100H92N4. The predicted octanol–water partition coefficient (Wildman–Crippen LogP) is 29.9. The van der Waals surface area contributed by atoms with E-state index in [4.69, 9.17) is 0 Å². The van der Waals surface area contributed by atoms with Crippen LogP contribution in [0.5, 0.6) is 0 Å². The zero-order chi connectivity index (χ0) is 71.9. The number of benzene rings is 16. The molecule has 0 bridgehead atoms. The molecule has 4 nitrogen and oxygen atoms in total. The Labute approximate surface area is 615 Å². The van der Waals surface area contributed by atoms with E-state index >= 15 is 0 Å². The number of nitrogens with zero attached hydrogens (tertiary/aromatic N) is 4. The number of anilines is 12. The fraction of sp³-hybridized carbons (Fsp3) is 0.160. The van der Waals surface area contributed by atoms with Gasteiger partial charge in [-0.1, -0.05) is 250 Å². The van der Waals surface area contributed by atoms with Gasteiger partial charge in [0.25, 0.3) is 0 Å². The van der Waals surface area contributed by atoms with Crippen LogP contribution in [0.4, 0.5) is 68.2 Å². The first-order chi connectivity index (χ1) is 50.5. The topological polar surface area (TPSA) is 13.0 Å². The maximum Gasteiger partial charge on any atom is 0.0546 e. The quantitative estimate of drug-likeness (QED) is 0.0894. The molecule has 0 unspecified atom stereocenters. The van der Waals surface area contributed by atoms with E-state index in [0.717, 1.165) is 45.5 Å². The minimum Gasteiger partial charge on any atom is -0.310 e. The van der Waals surface area contributed by atoms with Crippen molar-refractivity contribution < 1.29 is 0 Å². The third-order valence-electron chi connectivity index (χ3n) is 21.0. The average molecular weight is 1350 g/mol. The van der Waals surface area contributed by atoms with Crippen LogP contribution in [0.2, 0.25) is 0 Å². The van der Waals surface area contributed by atoms with Crippen LogP contribution >= 0.6 is 0 Å². The molecule has 0 amide bonds. The Morgan fingerprint density at radius 1 is 0.163 bits per heavy atom. The zero-order valence-electron chi connectivity index (χ0n) is 62.1. The SMILES string of the molecule is CC(C)c1ccc(N(c2ccc(C(C)C)cc2)c2cc3c4ccccc4c(N(c4ccc(C(C)C)cc4)c4ccc(C(C)C)cc4)cc3c3ccccc23)cc1.Cc1cccc(N(c2cccc(C)c2)c2cc3c4ccccc4c(N(c4cccc(C)c4)c4cccc(C)c4)cc3c3ccccc23)c1. The van der Waals surface area contributed by atoms with Gasteiger partial charge in [0.15, 0.2) is 0 Å². The van der Waals surface area contributed by atoms with Gasteiger partial charge in [0, 0.05) is 67.0 Å². The van der Waals surface area contributed by atoms with Gasteiger partial charge in [-0.2, -0.15) is 0 Å². The van der Waals surface area contributed by atoms with E-state index in [2.05, 4.69) is 418 Å². The molecule has 0 aliphatic rings. The van der Waals surface area contributed by atoms with Crippen molar-refractivity contribution in [3.8, 4) is 0 Å². The van der Waals surface area contributed by atoms with E-state index in [1.807, 2.05) is 0 Å². The Hall–Kier alpha value is -11.7. The first-order valence-corrected chi connectivity index (χ1v) is 37.1. The second-order valence-corrected chi connectivity index (χ2v) is 29.6. The molecule has 0 radical (unpaired) electrons. The van der Waals surface area contributed by atoms with E-state index in [1.54, 1.807) is 0 Å². The van der Waals surface area contributed by atoms with Crippen LogP contribution in [0, 0.1) is 27.7 Å². The molecule has 0 aliphatic heterocycles. The minimum atomic E-state index is 0.464. The van der Waals surface area contributed by atoms with Gasteiger partial charge in [0.1, 0.15) is 0 Å². The molecule has 0 N–H and O–H groups in total. The van der Waals surface area contributed by atoms with Gasteiger partial charge in [-0.3, -0.25) is 0 Å². The molecule has 512 valence electrons. The highest BCUT2D eigenvalue weighted by atomic mass is 15.2. The van der Waals surface area contributed by atoms with E-state index in [1.165, 1.54) is 132 Å². The third kappa shape index (κ3) is 13.3. The number of hydrogen-bond donors (Lipinski definition) is 0. The lowest BCUT2D eigenvalue weighted by molar-refractivity contribution is 0.866. The summed E-state index contributed by atoms with van der Waals surface area (Å²) in [6.07, 6.45) is 0. The number of hydrogen-bond acceptors (Lipinski definition) is 4. The number of rotatable bonds is 16. The zero-order valence-corrected chi connectivity index (χ0v) is 62.1. The lowest BCUT2D eigenvalue weighted by Gasteiger charge is -2.30. The maximum atomic E-state index is 2.46. The summed E-state index contributed by atoms with van der Waals surface area (Å²) in [7, 11) is 0. The van der Waals surface area contributed by atoms with Crippen molar-refractivity contribution in [3.63, 3.8) is 0 Å². The maximum absolute atomic E-state index is 2.46. The number of aryl methyl sites for hydroxylation is 4. The van der Waals surface area contributed by atoms with Crippen LogP contribution in [-0.4, -0.2) is 0 Å². The molecular weight excluding hydrogens is 1260 g/mol. The van der Waals surface area contributed by atoms with Gasteiger partial charge in [-0.25, -0.2) is 0 Å². The standard InChI is InChI=1S/C54H54N2.C46H38N2/c1-35(2)39-17-25-43(26-18-39)55(44-27-19-40(20-28-44)36(3)4)53-33-51-48-14-10-12-16-50(48)54(34-52(51)47-13-9-11-15-49(47)53)56(45-29-21-41(22-30-45)37(5)6)46-31-23-42(24-32-46)38(7)8;1-31-13-9-17-35(25-31)47(36-18-10-14-32(2)26-36)45-29-43-40-22-6-8-24-42(40)46(30-44(43)39-21-5-7-23-41(39)45)48(37-19-11-15-33(3)27-37)38-20-12-16-34(4)28-38/h9-38H,1-8H3;5-30H,1-4H3. The van der Waals surface area contributed by atoms with Crippen LogP contribution < -0.4 is 19.6 Å². The average Bonchev–Trinajstić information content (AvgIpc) is 0.908.